The summed E-state index contributed by atoms with van der Waals surface area (Å²) < 4.78 is 11.9. The van der Waals surface area contributed by atoms with Crippen molar-refractivity contribution in [3.63, 3.8) is 0 Å². The molecule has 104 valence electrons. The smallest absolute Gasteiger partial charge is 0.0933 e. The number of hydrogen-bond donors (Lipinski definition) is 0. The zero-order valence-corrected chi connectivity index (χ0v) is 12.0. The van der Waals surface area contributed by atoms with Gasteiger partial charge in [-0.3, -0.25) is 0 Å². The van der Waals surface area contributed by atoms with Gasteiger partial charge in [0.05, 0.1) is 18.5 Å². The summed E-state index contributed by atoms with van der Waals surface area (Å²) in [5, 5.41) is 0. The van der Waals surface area contributed by atoms with E-state index >= 15 is 0 Å². The minimum atomic E-state index is 0.442. The fourth-order valence-corrected chi connectivity index (χ4v) is 3.14. The first-order valence-electron chi connectivity index (χ1n) is 7.76. The van der Waals surface area contributed by atoms with E-state index in [9.17, 15) is 0 Å². The van der Waals surface area contributed by atoms with Crippen molar-refractivity contribution < 1.29 is 9.47 Å². The summed E-state index contributed by atoms with van der Waals surface area (Å²) in [5.74, 6) is 2.60. The Bertz CT molecular complexity index is 264. The van der Waals surface area contributed by atoms with E-state index in [4.69, 9.17) is 9.47 Å². The molecule has 1 fully saturated rings. The molecule has 0 N–H and O–H groups in total. The minimum Gasteiger partial charge on any atom is -0.498 e. The minimum absolute atomic E-state index is 0.442. The average molecular weight is 252 g/mol. The van der Waals surface area contributed by atoms with Crippen LogP contribution in [0.1, 0.15) is 58.8 Å². The highest BCUT2D eigenvalue weighted by Crippen LogP contribution is 2.31. The molecule has 0 spiro atoms. The topological polar surface area (TPSA) is 18.5 Å². The van der Waals surface area contributed by atoms with Crippen LogP contribution in [0.4, 0.5) is 0 Å². The van der Waals surface area contributed by atoms with Gasteiger partial charge in [-0.05, 0) is 44.1 Å². The highest BCUT2D eigenvalue weighted by molar-refractivity contribution is 4.99. The largest absolute Gasteiger partial charge is 0.498 e. The maximum Gasteiger partial charge on any atom is 0.0933 e. The highest BCUT2D eigenvalue weighted by atomic mass is 16.5. The van der Waals surface area contributed by atoms with E-state index < -0.39 is 0 Å². The van der Waals surface area contributed by atoms with E-state index in [1.807, 2.05) is 0 Å². The Morgan fingerprint density at radius 2 is 2.06 bits per heavy atom. The molecule has 18 heavy (non-hydrogen) atoms. The van der Waals surface area contributed by atoms with Gasteiger partial charge in [-0.1, -0.05) is 20.3 Å². The molecule has 2 heteroatoms. The van der Waals surface area contributed by atoms with Crippen LogP contribution in [-0.4, -0.2) is 19.3 Å². The molecular weight excluding hydrogens is 224 g/mol. The van der Waals surface area contributed by atoms with E-state index in [0.29, 0.717) is 12.0 Å². The second kappa shape index (κ2) is 7.18. The molecule has 1 saturated heterocycles. The van der Waals surface area contributed by atoms with Gasteiger partial charge in [0.25, 0.3) is 0 Å². The summed E-state index contributed by atoms with van der Waals surface area (Å²) >= 11 is 0. The van der Waals surface area contributed by atoms with Crippen LogP contribution in [0.15, 0.2) is 11.8 Å². The van der Waals surface area contributed by atoms with Crippen LogP contribution >= 0.6 is 0 Å². The summed E-state index contributed by atoms with van der Waals surface area (Å²) in [6.45, 7) is 6.31. The Morgan fingerprint density at radius 1 is 1.17 bits per heavy atom. The van der Waals surface area contributed by atoms with Crippen molar-refractivity contribution in [3.05, 3.63) is 11.8 Å². The normalized spacial score (nSPS) is 32.8. The SMILES string of the molecule is CCCC1=CCC(C2CCC(CCC)CO2)CO1. The van der Waals surface area contributed by atoms with Gasteiger partial charge in [-0.15, -0.1) is 0 Å². The molecule has 0 amide bonds. The fourth-order valence-electron chi connectivity index (χ4n) is 3.14. The van der Waals surface area contributed by atoms with Crippen LogP contribution in [0.25, 0.3) is 0 Å². The van der Waals surface area contributed by atoms with Gasteiger partial charge in [-0.2, -0.15) is 0 Å². The standard InChI is InChI=1S/C16H28O2/c1-3-5-13-7-10-16(18-11-13)14-8-9-15(6-4-2)17-12-14/h9,13-14,16H,3-8,10-12H2,1-2H3. The summed E-state index contributed by atoms with van der Waals surface area (Å²) in [5.41, 5.74) is 0. The van der Waals surface area contributed by atoms with E-state index in [0.717, 1.165) is 32.0 Å². The van der Waals surface area contributed by atoms with Gasteiger partial charge in [0, 0.05) is 18.9 Å². The third kappa shape index (κ3) is 3.74. The number of rotatable bonds is 5. The molecule has 0 aromatic carbocycles. The molecule has 0 saturated carbocycles. The van der Waals surface area contributed by atoms with E-state index in [1.165, 1.54) is 37.9 Å². The molecule has 0 aromatic rings. The first-order valence-corrected chi connectivity index (χ1v) is 7.76. The lowest BCUT2D eigenvalue weighted by Gasteiger charge is -2.35. The lowest BCUT2D eigenvalue weighted by molar-refractivity contribution is -0.0666. The molecule has 0 bridgehead atoms. The summed E-state index contributed by atoms with van der Waals surface area (Å²) in [7, 11) is 0. The Morgan fingerprint density at radius 3 is 2.61 bits per heavy atom. The first-order chi connectivity index (χ1) is 8.83. The van der Waals surface area contributed by atoms with E-state index in [-0.39, 0.29) is 0 Å². The van der Waals surface area contributed by atoms with Gasteiger partial charge in [0.15, 0.2) is 0 Å². The monoisotopic (exact) mass is 252 g/mol. The van der Waals surface area contributed by atoms with E-state index in [1.54, 1.807) is 0 Å². The van der Waals surface area contributed by atoms with Crippen LogP contribution in [0.2, 0.25) is 0 Å². The predicted molar refractivity (Wildman–Crippen MR) is 74.4 cm³/mol. The second-order valence-electron chi connectivity index (χ2n) is 5.83. The lowest BCUT2D eigenvalue weighted by atomic mass is 9.87. The molecule has 0 radical (unpaired) electrons. The molecule has 3 unspecified atom stereocenters. The van der Waals surface area contributed by atoms with Gasteiger partial charge >= 0.3 is 0 Å². The molecule has 2 nitrogen and oxygen atoms in total. The van der Waals surface area contributed by atoms with Crippen molar-refractivity contribution in [2.24, 2.45) is 11.8 Å². The Hall–Kier alpha value is -0.500. The molecule has 2 rings (SSSR count). The van der Waals surface area contributed by atoms with Gasteiger partial charge in [0.1, 0.15) is 0 Å². The number of allylic oxidation sites excluding steroid dienone is 2. The van der Waals surface area contributed by atoms with Crippen molar-refractivity contribution in [1.29, 1.82) is 0 Å². The number of ether oxygens (including phenoxy) is 2. The summed E-state index contributed by atoms with van der Waals surface area (Å²) in [6, 6.07) is 0. The van der Waals surface area contributed by atoms with Crippen LogP contribution in [0.3, 0.4) is 0 Å². The van der Waals surface area contributed by atoms with Crippen LogP contribution in [0.5, 0.6) is 0 Å². The molecule has 2 aliphatic rings. The lowest BCUT2D eigenvalue weighted by Crippen LogP contribution is -2.35. The molecule has 0 aliphatic carbocycles. The van der Waals surface area contributed by atoms with E-state index in [2.05, 4.69) is 19.9 Å². The second-order valence-corrected chi connectivity index (χ2v) is 5.83. The van der Waals surface area contributed by atoms with Crippen molar-refractivity contribution in [2.45, 2.75) is 64.9 Å². The maximum absolute atomic E-state index is 6.07. The molecular formula is C16H28O2. The first kappa shape index (κ1) is 13.9. The third-order valence-electron chi connectivity index (χ3n) is 4.26. The number of hydrogen-bond acceptors (Lipinski definition) is 2. The molecule has 2 heterocycles. The van der Waals surface area contributed by atoms with Crippen molar-refractivity contribution in [2.75, 3.05) is 13.2 Å². The van der Waals surface area contributed by atoms with Gasteiger partial charge in [-0.25, -0.2) is 0 Å². The van der Waals surface area contributed by atoms with Crippen molar-refractivity contribution in [3.8, 4) is 0 Å². The van der Waals surface area contributed by atoms with Crippen LogP contribution < -0.4 is 0 Å². The quantitative estimate of drug-likeness (QED) is 0.726. The van der Waals surface area contributed by atoms with Crippen LogP contribution in [0, 0.1) is 11.8 Å². The van der Waals surface area contributed by atoms with Crippen LogP contribution in [-0.2, 0) is 9.47 Å². The maximum atomic E-state index is 6.07. The van der Waals surface area contributed by atoms with Gasteiger partial charge < -0.3 is 9.47 Å². The molecule has 2 aliphatic heterocycles. The fraction of sp³-hybridized carbons (Fsp3) is 0.875. The summed E-state index contributed by atoms with van der Waals surface area (Å²) in [6.07, 6.45) is 11.3. The Balaban J connectivity index is 1.74. The van der Waals surface area contributed by atoms with Crippen molar-refractivity contribution >= 4 is 0 Å². The zero-order chi connectivity index (χ0) is 12.8. The summed E-state index contributed by atoms with van der Waals surface area (Å²) in [4.78, 5) is 0. The predicted octanol–water partition coefficient (Wildman–Crippen LogP) is 4.30. The average Bonchev–Trinajstić information content (AvgIpc) is 2.41. The Labute approximate surface area is 112 Å². The molecule has 0 aromatic heterocycles. The van der Waals surface area contributed by atoms with Gasteiger partial charge in [0.2, 0.25) is 0 Å². The molecule has 3 atom stereocenters. The third-order valence-corrected chi connectivity index (χ3v) is 4.26. The Kier molecular flexibility index (Phi) is 5.55. The van der Waals surface area contributed by atoms with Crippen molar-refractivity contribution in [1.82, 2.24) is 0 Å². The zero-order valence-electron chi connectivity index (χ0n) is 12.0. The highest BCUT2D eigenvalue weighted by Gasteiger charge is 2.29.